The van der Waals surface area contributed by atoms with Crippen molar-refractivity contribution >= 4 is 39.7 Å². The number of fused-ring (bicyclic) bond motifs is 4. The van der Waals surface area contributed by atoms with Crippen LogP contribution in [-0.2, 0) is 6.61 Å². The molecule has 0 unspecified atom stereocenters. The first kappa shape index (κ1) is 23.5. The second-order valence-corrected chi connectivity index (χ2v) is 10.1. The number of hydrogen-bond donors (Lipinski definition) is 2. The average molecular weight is 511 g/mol. The Bertz CT molecular complexity index is 1490. The molecule has 0 atom stereocenters. The van der Waals surface area contributed by atoms with Gasteiger partial charge in [-0.05, 0) is 81.4 Å². The number of nitrogens with one attached hydrogen (secondary N) is 1. The summed E-state index contributed by atoms with van der Waals surface area (Å²) in [5.74, 6) is 8.20. The summed E-state index contributed by atoms with van der Waals surface area (Å²) in [6.07, 6.45) is 6.69. The minimum atomic E-state index is 0.126. The fraction of sp³-hybridized carbons (Fsp3) is 0.276. The number of anilines is 3. The number of piperidine rings is 3. The molecule has 3 fully saturated rings. The molecule has 2 aromatic carbocycles. The molecule has 37 heavy (non-hydrogen) atoms. The molecule has 3 N–H and O–H groups in total. The third-order valence-corrected chi connectivity index (χ3v) is 7.58. The van der Waals surface area contributed by atoms with E-state index in [0.29, 0.717) is 28.9 Å². The Labute approximate surface area is 221 Å². The maximum Gasteiger partial charge on any atom is 0.141 e. The van der Waals surface area contributed by atoms with Gasteiger partial charge in [-0.25, -0.2) is 9.97 Å². The van der Waals surface area contributed by atoms with E-state index in [1.807, 2.05) is 42.5 Å². The van der Waals surface area contributed by atoms with Crippen LogP contribution in [0.2, 0.25) is 5.02 Å². The maximum atomic E-state index is 6.49. The molecule has 0 radical (unpaired) electrons. The number of ether oxygens (including phenoxy) is 1. The largest absolute Gasteiger partial charge is 0.486 e. The van der Waals surface area contributed by atoms with E-state index < -0.39 is 0 Å². The van der Waals surface area contributed by atoms with Crippen molar-refractivity contribution in [3.05, 3.63) is 77.3 Å². The zero-order valence-corrected chi connectivity index (χ0v) is 21.1. The van der Waals surface area contributed by atoms with E-state index in [1.165, 1.54) is 0 Å². The lowest BCUT2D eigenvalue weighted by molar-refractivity contribution is 0.0680. The van der Waals surface area contributed by atoms with Crippen LogP contribution in [0.1, 0.15) is 30.5 Å². The molecule has 4 aromatic rings. The lowest BCUT2D eigenvalue weighted by Gasteiger charge is -2.45. The number of benzene rings is 2. The van der Waals surface area contributed by atoms with Crippen molar-refractivity contribution in [3.63, 3.8) is 0 Å². The second kappa shape index (κ2) is 9.89. The first-order chi connectivity index (χ1) is 18.1. The van der Waals surface area contributed by atoms with E-state index in [4.69, 9.17) is 22.1 Å². The summed E-state index contributed by atoms with van der Waals surface area (Å²) >= 11 is 6.49. The third-order valence-electron chi connectivity index (χ3n) is 7.29. The summed E-state index contributed by atoms with van der Waals surface area (Å²) in [6.45, 7) is 3.77. The fourth-order valence-corrected chi connectivity index (χ4v) is 5.24. The van der Waals surface area contributed by atoms with Gasteiger partial charge in [0.2, 0.25) is 0 Å². The molecule has 5 heterocycles. The molecule has 2 bridgehead atoms. The van der Waals surface area contributed by atoms with Gasteiger partial charge in [-0.1, -0.05) is 29.5 Å². The van der Waals surface area contributed by atoms with Gasteiger partial charge in [-0.15, -0.1) is 0 Å². The molecule has 8 heteroatoms. The molecule has 3 aliphatic heterocycles. The van der Waals surface area contributed by atoms with Gasteiger partial charge in [0.15, 0.2) is 0 Å². The summed E-state index contributed by atoms with van der Waals surface area (Å²) in [4.78, 5) is 15.7. The van der Waals surface area contributed by atoms with Crippen LogP contribution >= 0.6 is 11.6 Å². The molecule has 0 saturated carbocycles. The minimum absolute atomic E-state index is 0.126. The van der Waals surface area contributed by atoms with Crippen LogP contribution in [0.5, 0.6) is 5.75 Å². The second-order valence-electron chi connectivity index (χ2n) is 9.68. The summed E-state index contributed by atoms with van der Waals surface area (Å²) < 4.78 is 5.83. The molecule has 2 aromatic heterocycles. The van der Waals surface area contributed by atoms with Crippen molar-refractivity contribution in [2.24, 2.45) is 5.41 Å². The number of nitrogen functional groups attached to an aromatic ring is 1. The van der Waals surface area contributed by atoms with Gasteiger partial charge < -0.3 is 20.7 Å². The van der Waals surface area contributed by atoms with Crippen molar-refractivity contribution in [3.8, 4) is 17.6 Å². The Hall–Kier alpha value is -3.86. The number of nitrogens with two attached hydrogens (primary N) is 1. The molecule has 0 amide bonds. The van der Waals surface area contributed by atoms with Crippen molar-refractivity contribution in [1.82, 2.24) is 19.9 Å². The smallest absolute Gasteiger partial charge is 0.141 e. The number of pyridine rings is 1. The number of aromatic nitrogens is 3. The van der Waals surface area contributed by atoms with E-state index in [2.05, 4.69) is 37.0 Å². The normalized spacial score (nSPS) is 20.3. The van der Waals surface area contributed by atoms with Crippen molar-refractivity contribution < 1.29 is 4.74 Å². The molecular weight excluding hydrogens is 484 g/mol. The molecule has 3 aliphatic rings. The Morgan fingerprint density at radius 2 is 1.86 bits per heavy atom. The van der Waals surface area contributed by atoms with Crippen LogP contribution in [0.4, 0.5) is 17.2 Å². The highest BCUT2D eigenvalue weighted by Gasteiger charge is 2.37. The number of nitrogens with zero attached hydrogens (tertiary/aromatic N) is 4. The quantitative estimate of drug-likeness (QED) is 0.273. The highest BCUT2D eigenvalue weighted by molar-refractivity contribution is 6.32. The number of hydrogen-bond acceptors (Lipinski definition) is 7. The van der Waals surface area contributed by atoms with Gasteiger partial charge in [0, 0.05) is 33.9 Å². The first-order valence-electron chi connectivity index (χ1n) is 12.5. The zero-order chi connectivity index (χ0) is 25.2. The van der Waals surface area contributed by atoms with Crippen molar-refractivity contribution in [1.29, 1.82) is 0 Å². The van der Waals surface area contributed by atoms with Crippen LogP contribution < -0.4 is 15.8 Å². The standard InChI is InChI=1S/C29H27ClN6O/c30-24-16-21(4-5-27(24)37-18-22-3-1-2-11-32-22)35-28-23-17-25(31)20(15-26(23)33-19-34-28)6-7-29-8-12-36(13-9-29)14-10-29/h1-5,11,15-17,19H,8-10,12-14,18,31H2,(H,33,34,35). The van der Waals surface area contributed by atoms with Gasteiger partial charge in [-0.2, -0.15) is 0 Å². The first-order valence-corrected chi connectivity index (χ1v) is 12.8. The summed E-state index contributed by atoms with van der Waals surface area (Å²) in [5, 5.41) is 4.65. The Morgan fingerprint density at radius 3 is 2.62 bits per heavy atom. The molecule has 186 valence electrons. The predicted octanol–water partition coefficient (Wildman–Crippen LogP) is 5.42. The molecule has 7 nitrogen and oxygen atoms in total. The highest BCUT2D eigenvalue weighted by Crippen LogP contribution is 2.39. The highest BCUT2D eigenvalue weighted by atomic mass is 35.5. The van der Waals surface area contributed by atoms with Crippen LogP contribution in [0.3, 0.4) is 0 Å². The van der Waals surface area contributed by atoms with Crippen LogP contribution in [0.25, 0.3) is 10.9 Å². The molecule has 3 saturated heterocycles. The summed E-state index contributed by atoms with van der Waals surface area (Å²) in [6, 6.07) is 15.1. The predicted molar refractivity (Wildman–Crippen MR) is 147 cm³/mol. The molecule has 7 rings (SSSR count). The van der Waals surface area contributed by atoms with E-state index in [1.54, 1.807) is 18.6 Å². The van der Waals surface area contributed by atoms with Crippen LogP contribution in [0, 0.1) is 17.3 Å². The Morgan fingerprint density at radius 1 is 1.03 bits per heavy atom. The average Bonchev–Trinajstić information content (AvgIpc) is 2.93. The van der Waals surface area contributed by atoms with Gasteiger partial charge in [-0.3, -0.25) is 4.98 Å². The third kappa shape index (κ3) is 5.04. The van der Waals surface area contributed by atoms with Gasteiger partial charge >= 0.3 is 0 Å². The van der Waals surface area contributed by atoms with Crippen molar-refractivity contribution in [2.75, 3.05) is 30.7 Å². The van der Waals surface area contributed by atoms with Crippen LogP contribution in [-0.4, -0.2) is 39.5 Å². The van der Waals surface area contributed by atoms with E-state index in [9.17, 15) is 0 Å². The van der Waals surface area contributed by atoms with E-state index in [0.717, 1.165) is 66.7 Å². The monoisotopic (exact) mass is 510 g/mol. The van der Waals surface area contributed by atoms with E-state index in [-0.39, 0.29) is 5.41 Å². The van der Waals surface area contributed by atoms with Gasteiger partial charge in [0.05, 0.1) is 16.2 Å². The lowest BCUT2D eigenvalue weighted by Crippen LogP contribution is -2.47. The fourth-order valence-electron chi connectivity index (χ4n) is 5.01. The minimum Gasteiger partial charge on any atom is -0.486 e. The zero-order valence-electron chi connectivity index (χ0n) is 20.4. The van der Waals surface area contributed by atoms with Crippen molar-refractivity contribution in [2.45, 2.75) is 25.9 Å². The number of halogens is 1. The molecular formula is C29H27ClN6O. The van der Waals surface area contributed by atoms with Gasteiger partial charge in [0.1, 0.15) is 24.5 Å². The molecule has 0 aliphatic carbocycles. The Kier molecular flexibility index (Phi) is 6.29. The Balaban J connectivity index is 1.21. The maximum absolute atomic E-state index is 6.49. The number of rotatable bonds is 5. The summed E-state index contributed by atoms with van der Waals surface area (Å²) in [5.41, 5.74) is 10.4. The van der Waals surface area contributed by atoms with E-state index >= 15 is 0 Å². The summed E-state index contributed by atoms with van der Waals surface area (Å²) in [7, 11) is 0. The SMILES string of the molecule is Nc1cc2c(Nc3ccc(OCc4ccccn4)c(Cl)c3)ncnc2cc1C#CC12CCN(CC1)CC2. The lowest BCUT2D eigenvalue weighted by atomic mass is 9.72. The van der Waals surface area contributed by atoms with Gasteiger partial charge in [0.25, 0.3) is 0 Å². The molecule has 0 spiro atoms. The topological polar surface area (TPSA) is 89.2 Å². The van der Waals surface area contributed by atoms with Crippen LogP contribution in [0.15, 0.2) is 61.1 Å².